The van der Waals surface area contributed by atoms with E-state index in [1.54, 1.807) is 7.05 Å². The lowest BCUT2D eigenvalue weighted by atomic mass is 9.96. The maximum Gasteiger partial charge on any atom is 0.0530 e. The summed E-state index contributed by atoms with van der Waals surface area (Å²) in [6.07, 6.45) is 10.9. The molecule has 0 fully saturated rings. The van der Waals surface area contributed by atoms with Gasteiger partial charge in [0, 0.05) is 23.1 Å². The van der Waals surface area contributed by atoms with Crippen molar-refractivity contribution in [1.82, 2.24) is 5.43 Å². The van der Waals surface area contributed by atoms with Crippen molar-refractivity contribution >= 4 is 22.5 Å². The smallest absolute Gasteiger partial charge is 0.0530 e. The lowest BCUT2D eigenvalue weighted by Crippen LogP contribution is -2.17. The third-order valence-electron chi connectivity index (χ3n) is 6.24. The maximum atomic E-state index is 5.36. The highest BCUT2D eigenvalue weighted by Gasteiger charge is 2.16. The Morgan fingerprint density at radius 1 is 0.783 bits per heavy atom. The molecule has 5 N–H and O–H groups in total. The molecule has 4 heteroatoms. The number of nitrogens with one attached hydrogen (secondary N) is 1. The molecule has 5 rings (SSSR count). The number of hydrazine groups is 1. The van der Waals surface area contributed by atoms with Crippen LogP contribution in [0.3, 0.4) is 0 Å². The molecule has 0 aliphatic carbocycles. The van der Waals surface area contributed by atoms with Crippen LogP contribution in [-0.2, 0) is 0 Å². The first-order valence-electron chi connectivity index (χ1n) is 16.3. The number of hydrogen-bond acceptors (Lipinski definition) is 4. The van der Waals surface area contributed by atoms with Gasteiger partial charge >= 0.3 is 0 Å². The number of rotatable bonds is 4. The lowest BCUT2D eigenvalue weighted by molar-refractivity contribution is 0.870. The van der Waals surface area contributed by atoms with Crippen LogP contribution in [0.2, 0.25) is 0 Å². The standard InChI is InChI=1S/C24H25N.C7H8.C6H7N.2C2H6.CH6N2/c1-4-11-22(5-2)25-17-16-21(20-12-7-6-8-13-20)18-19(3)23-14-9-10-15-24(23)25;1-7-5-3-2-4-6-7;7-6-4-2-1-3-5-6;2*1-2;1-3-2/h5-10,12-18H,3-4,11H2,1-2H3;2-6H,1H3;1-5H,7H2;2*1-2H3;3H,2H2,1H3/b17-16-,21-18+,22-5+;;;;;. The Morgan fingerprint density at radius 2 is 1.26 bits per heavy atom. The highest BCUT2D eigenvalue weighted by molar-refractivity contribution is 5.92. The second-order valence-corrected chi connectivity index (χ2v) is 9.58. The molecule has 46 heavy (non-hydrogen) atoms. The first kappa shape index (κ1) is 41.4. The van der Waals surface area contributed by atoms with Crippen LogP contribution in [0.1, 0.15) is 71.1 Å². The highest BCUT2D eigenvalue weighted by atomic mass is 15.2. The Balaban J connectivity index is 0.000000781. The highest BCUT2D eigenvalue weighted by Crippen LogP contribution is 2.35. The van der Waals surface area contributed by atoms with Gasteiger partial charge in [-0.25, -0.2) is 0 Å². The van der Waals surface area contributed by atoms with Crippen molar-refractivity contribution in [2.24, 2.45) is 5.84 Å². The molecule has 246 valence electrons. The van der Waals surface area contributed by atoms with Crippen LogP contribution in [0, 0.1) is 6.92 Å². The summed E-state index contributed by atoms with van der Waals surface area (Å²) in [6, 6.07) is 38.7. The first-order valence-corrected chi connectivity index (χ1v) is 16.3. The Morgan fingerprint density at radius 3 is 1.70 bits per heavy atom. The fourth-order valence-electron chi connectivity index (χ4n) is 4.21. The van der Waals surface area contributed by atoms with Gasteiger partial charge in [0.15, 0.2) is 0 Å². The summed E-state index contributed by atoms with van der Waals surface area (Å²) in [5, 5.41) is 0. The molecule has 0 atom stereocenters. The van der Waals surface area contributed by atoms with Gasteiger partial charge in [0.1, 0.15) is 0 Å². The van der Waals surface area contributed by atoms with Gasteiger partial charge in [-0.3, -0.25) is 11.3 Å². The van der Waals surface area contributed by atoms with Crippen LogP contribution in [0.5, 0.6) is 0 Å². The molecule has 0 spiro atoms. The van der Waals surface area contributed by atoms with E-state index >= 15 is 0 Å². The number of nitrogens with two attached hydrogens (primary N) is 2. The van der Waals surface area contributed by atoms with Crippen molar-refractivity contribution in [3.05, 3.63) is 169 Å². The van der Waals surface area contributed by atoms with Crippen molar-refractivity contribution in [1.29, 1.82) is 0 Å². The van der Waals surface area contributed by atoms with E-state index in [1.807, 2.05) is 82.3 Å². The van der Waals surface area contributed by atoms with E-state index in [-0.39, 0.29) is 0 Å². The Hall–Kier alpha value is -4.64. The zero-order chi connectivity index (χ0) is 34.6. The molecule has 1 aliphatic heterocycles. The van der Waals surface area contributed by atoms with E-state index < -0.39 is 0 Å². The summed E-state index contributed by atoms with van der Waals surface area (Å²) in [7, 11) is 1.65. The number of aryl methyl sites for hydroxylation is 1. The molecule has 0 radical (unpaired) electrons. The summed E-state index contributed by atoms with van der Waals surface area (Å²) < 4.78 is 0. The zero-order valence-corrected chi connectivity index (χ0v) is 29.5. The fraction of sp³-hybridized carbons (Fsp3) is 0.238. The second-order valence-electron chi connectivity index (χ2n) is 9.58. The molecule has 0 saturated heterocycles. The van der Waals surface area contributed by atoms with Crippen LogP contribution in [0.25, 0.3) is 11.1 Å². The molecule has 4 aromatic carbocycles. The number of anilines is 2. The van der Waals surface area contributed by atoms with Gasteiger partial charge in [-0.05, 0) is 74.4 Å². The average molecular weight is 619 g/mol. The largest absolute Gasteiger partial charge is 0.399 e. The summed E-state index contributed by atoms with van der Waals surface area (Å²) in [4.78, 5) is 2.31. The third-order valence-corrected chi connectivity index (χ3v) is 6.24. The van der Waals surface area contributed by atoms with E-state index in [0.717, 1.165) is 24.1 Å². The van der Waals surface area contributed by atoms with Crippen LogP contribution in [-0.4, -0.2) is 7.05 Å². The molecule has 0 bridgehead atoms. The Labute approximate surface area is 280 Å². The molecule has 0 saturated carbocycles. The number of hydrogen-bond donors (Lipinski definition) is 3. The van der Waals surface area contributed by atoms with Gasteiger partial charge < -0.3 is 10.6 Å². The van der Waals surface area contributed by atoms with Gasteiger partial charge in [-0.2, -0.15) is 0 Å². The summed E-state index contributed by atoms with van der Waals surface area (Å²) in [6.45, 7) is 18.8. The van der Waals surface area contributed by atoms with E-state index in [4.69, 9.17) is 5.73 Å². The summed E-state index contributed by atoms with van der Waals surface area (Å²) in [5.74, 6) is 4.60. The maximum absolute atomic E-state index is 5.36. The predicted octanol–water partition coefficient (Wildman–Crippen LogP) is 11.2. The number of para-hydroxylation sites is 2. The molecular weight excluding hydrogens is 560 g/mol. The quantitative estimate of drug-likeness (QED) is 0.121. The van der Waals surface area contributed by atoms with E-state index in [0.29, 0.717) is 0 Å². The normalized spacial score (nSPS) is 13.1. The first-order chi connectivity index (χ1) is 22.4. The van der Waals surface area contributed by atoms with Crippen LogP contribution < -0.4 is 21.9 Å². The molecule has 4 aromatic rings. The van der Waals surface area contributed by atoms with Crippen molar-refractivity contribution in [2.45, 2.75) is 61.3 Å². The number of benzene rings is 4. The predicted molar refractivity (Wildman–Crippen MR) is 208 cm³/mol. The van der Waals surface area contributed by atoms with Crippen molar-refractivity contribution < 1.29 is 0 Å². The van der Waals surface area contributed by atoms with Crippen molar-refractivity contribution in [3.8, 4) is 0 Å². The molecule has 0 unspecified atom stereocenters. The van der Waals surface area contributed by atoms with Gasteiger partial charge in [-0.15, -0.1) is 0 Å². The molecule has 4 nitrogen and oxygen atoms in total. The third kappa shape index (κ3) is 15.9. The monoisotopic (exact) mass is 618 g/mol. The lowest BCUT2D eigenvalue weighted by Gasteiger charge is -2.28. The van der Waals surface area contributed by atoms with Crippen LogP contribution in [0.4, 0.5) is 11.4 Å². The van der Waals surface area contributed by atoms with Crippen LogP contribution >= 0.6 is 0 Å². The minimum atomic E-state index is 0.822. The van der Waals surface area contributed by atoms with Crippen LogP contribution in [0.15, 0.2) is 152 Å². The molecule has 0 amide bonds. The topological polar surface area (TPSA) is 67.3 Å². The Bertz CT molecular complexity index is 1370. The zero-order valence-electron chi connectivity index (χ0n) is 29.5. The van der Waals surface area contributed by atoms with Crippen molar-refractivity contribution in [2.75, 3.05) is 17.7 Å². The van der Waals surface area contributed by atoms with E-state index in [1.165, 1.54) is 33.6 Å². The van der Waals surface area contributed by atoms with Gasteiger partial charge in [0.05, 0.1) is 5.69 Å². The second kappa shape index (κ2) is 26.7. The molecule has 1 heterocycles. The minimum absolute atomic E-state index is 0.822. The van der Waals surface area contributed by atoms with Gasteiger partial charge in [0.25, 0.3) is 0 Å². The van der Waals surface area contributed by atoms with E-state index in [2.05, 4.69) is 129 Å². The SMILES string of the molecule is C=C1/C=C(c2ccccc2)\C=C/N(/C(=C/C)CCC)c2ccccc21.CC.CC.CNN.Cc1ccccc1.Nc1ccccc1. The molecular formula is C42H58N4. The Kier molecular flexibility index (Phi) is 24.0. The molecule has 1 aliphatic rings. The number of nitrogen functional groups attached to an aromatic ring is 1. The number of allylic oxidation sites excluding steroid dienone is 6. The van der Waals surface area contributed by atoms with Gasteiger partial charge in [0.2, 0.25) is 0 Å². The van der Waals surface area contributed by atoms with Crippen molar-refractivity contribution in [3.63, 3.8) is 0 Å². The summed E-state index contributed by atoms with van der Waals surface area (Å²) in [5.41, 5.74) is 16.9. The molecule has 0 aromatic heterocycles. The average Bonchev–Trinajstić information content (AvgIpc) is 3.10. The minimum Gasteiger partial charge on any atom is -0.399 e. The number of nitrogens with zero attached hydrogens (tertiary/aromatic N) is 1. The van der Waals surface area contributed by atoms with E-state index in [9.17, 15) is 0 Å². The number of fused-ring (bicyclic) bond motifs is 1. The summed E-state index contributed by atoms with van der Waals surface area (Å²) >= 11 is 0. The fourth-order valence-corrected chi connectivity index (χ4v) is 4.21. The van der Waals surface area contributed by atoms with Gasteiger partial charge in [-0.1, -0.05) is 156 Å².